The number of hydrogen-bond acceptors (Lipinski definition) is 4. The summed E-state index contributed by atoms with van der Waals surface area (Å²) in [6.07, 6.45) is 2.78. The van der Waals surface area contributed by atoms with Crippen molar-refractivity contribution in [3.05, 3.63) is 57.3 Å². The number of carbonyl (C=O) groups is 1. The average Bonchev–Trinajstić information content (AvgIpc) is 3.10. The Labute approximate surface area is 157 Å². The Morgan fingerprint density at radius 3 is 2.78 bits per heavy atom. The van der Waals surface area contributed by atoms with Crippen molar-refractivity contribution in [2.24, 2.45) is 7.05 Å². The van der Waals surface area contributed by atoms with Crippen molar-refractivity contribution in [3.8, 4) is 0 Å². The molecule has 3 heterocycles. The number of imidazole rings is 1. The number of amides is 1. The number of nitrogens with one attached hydrogen (secondary N) is 1. The highest BCUT2D eigenvalue weighted by Gasteiger charge is 2.33. The minimum Gasteiger partial charge on any atom is -0.340 e. The normalized spacial score (nSPS) is 17.4. The van der Waals surface area contributed by atoms with Crippen LogP contribution in [-0.4, -0.2) is 37.1 Å². The Kier molecular flexibility index (Phi) is 4.30. The quantitative estimate of drug-likeness (QED) is 0.757. The molecule has 0 aliphatic carbocycles. The predicted molar refractivity (Wildman–Crippen MR) is 103 cm³/mol. The molecule has 3 aromatic rings. The number of benzene rings is 1. The lowest BCUT2D eigenvalue weighted by atomic mass is 9.99. The lowest BCUT2D eigenvalue weighted by molar-refractivity contribution is 0.0597. The van der Waals surface area contributed by atoms with Crippen LogP contribution in [0.15, 0.2) is 29.1 Å². The van der Waals surface area contributed by atoms with Crippen molar-refractivity contribution in [2.75, 3.05) is 6.54 Å². The zero-order valence-corrected chi connectivity index (χ0v) is 15.8. The number of hydrogen-bond donors (Lipinski definition) is 1. The number of nitrogens with zero attached hydrogens (tertiary/aromatic N) is 4. The highest BCUT2D eigenvalue weighted by atomic mass is 16.2. The number of para-hydroxylation sites is 2. The number of H-pyrrole nitrogens is 1. The van der Waals surface area contributed by atoms with E-state index in [1.165, 1.54) is 4.68 Å². The smallest absolute Gasteiger partial charge is 0.279 e. The topological polar surface area (TPSA) is 83.9 Å². The zero-order valence-electron chi connectivity index (χ0n) is 15.8. The van der Waals surface area contributed by atoms with E-state index in [1.54, 1.807) is 18.9 Å². The van der Waals surface area contributed by atoms with Gasteiger partial charge in [0.15, 0.2) is 0 Å². The first-order chi connectivity index (χ1) is 13.0. The van der Waals surface area contributed by atoms with E-state index in [0.29, 0.717) is 17.8 Å². The number of aromatic nitrogens is 4. The molecule has 0 radical (unpaired) electrons. The summed E-state index contributed by atoms with van der Waals surface area (Å²) in [4.78, 5) is 35.9. The number of rotatable bonds is 2. The first kappa shape index (κ1) is 17.5. The van der Waals surface area contributed by atoms with Crippen LogP contribution in [-0.2, 0) is 7.05 Å². The number of likely N-dealkylation sites (tertiary alicyclic amines) is 1. The van der Waals surface area contributed by atoms with Crippen molar-refractivity contribution >= 4 is 16.9 Å². The number of fused-ring (bicyclic) bond motifs is 1. The van der Waals surface area contributed by atoms with E-state index in [1.807, 2.05) is 31.2 Å². The average molecular weight is 365 g/mol. The fourth-order valence-corrected chi connectivity index (χ4v) is 3.83. The van der Waals surface area contributed by atoms with E-state index in [9.17, 15) is 9.59 Å². The molecule has 4 rings (SSSR count). The second kappa shape index (κ2) is 6.64. The molecule has 1 amide bonds. The molecule has 0 bridgehead atoms. The number of aryl methyl sites for hydroxylation is 2. The molecule has 1 atom stereocenters. The summed E-state index contributed by atoms with van der Waals surface area (Å²) >= 11 is 0. The highest BCUT2D eigenvalue weighted by molar-refractivity contribution is 5.95. The van der Waals surface area contributed by atoms with Crippen LogP contribution < -0.4 is 5.56 Å². The number of carbonyl (C=O) groups excluding carboxylic acids is 1. The molecule has 1 aliphatic rings. The van der Waals surface area contributed by atoms with E-state index in [4.69, 9.17) is 4.98 Å². The number of aromatic amines is 1. The molecule has 1 aliphatic heterocycles. The minimum atomic E-state index is -0.350. The first-order valence-corrected chi connectivity index (χ1v) is 9.27. The molecule has 7 heteroatoms. The summed E-state index contributed by atoms with van der Waals surface area (Å²) in [5, 5.41) is 4.18. The molecule has 0 spiro atoms. The minimum absolute atomic E-state index is 0.156. The maximum absolute atomic E-state index is 13.4. The van der Waals surface area contributed by atoms with E-state index >= 15 is 0 Å². The van der Waals surface area contributed by atoms with E-state index in [2.05, 4.69) is 10.1 Å². The van der Waals surface area contributed by atoms with E-state index in [-0.39, 0.29) is 23.1 Å². The van der Waals surface area contributed by atoms with Crippen LogP contribution >= 0.6 is 0 Å². The third-order valence-corrected chi connectivity index (χ3v) is 5.43. The Balaban J connectivity index is 1.77. The molecule has 27 heavy (non-hydrogen) atoms. The van der Waals surface area contributed by atoms with Crippen LogP contribution in [0.2, 0.25) is 0 Å². The maximum atomic E-state index is 13.4. The molecular formula is C20H23N5O2. The molecule has 2 aromatic heterocycles. The van der Waals surface area contributed by atoms with Gasteiger partial charge in [-0.05, 0) is 50.8 Å². The van der Waals surface area contributed by atoms with Crippen LogP contribution in [0, 0.1) is 13.8 Å². The Morgan fingerprint density at radius 1 is 1.22 bits per heavy atom. The van der Waals surface area contributed by atoms with E-state index < -0.39 is 0 Å². The van der Waals surface area contributed by atoms with Crippen LogP contribution in [0.1, 0.15) is 52.7 Å². The van der Waals surface area contributed by atoms with E-state index in [0.717, 1.165) is 36.1 Å². The van der Waals surface area contributed by atoms with Gasteiger partial charge in [0.05, 0.1) is 22.8 Å². The molecule has 1 saturated heterocycles. The Morgan fingerprint density at radius 2 is 2.00 bits per heavy atom. The second-order valence-electron chi connectivity index (χ2n) is 7.16. The SMILES string of the molecule is Cc1nn(C)c(=O)c(C(=O)N2CCCC[C@@H]2c2nc3ccccc3[nH]2)c1C. The highest BCUT2D eigenvalue weighted by Crippen LogP contribution is 2.31. The van der Waals surface area contributed by atoms with Crippen LogP contribution in [0.5, 0.6) is 0 Å². The van der Waals surface area contributed by atoms with Gasteiger partial charge in [0.1, 0.15) is 11.4 Å². The lowest BCUT2D eigenvalue weighted by Crippen LogP contribution is -2.43. The van der Waals surface area contributed by atoms with Gasteiger partial charge >= 0.3 is 0 Å². The van der Waals surface area contributed by atoms with Gasteiger partial charge in [0.2, 0.25) is 0 Å². The molecule has 1 N–H and O–H groups in total. The van der Waals surface area contributed by atoms with Gasteiger partial charge in [-0.3, -0.25) is 9.59 Å². The van der Waals surface area contributed by atoms with Gasteiger partial charge in [-0.15, -0.1) is 0 Å². The molecule has 1 aromatic carbocycles. The molecule has 0 unspecified atom stereocenters. The predicted octanol–water partition coefficient (Wildman–Crippen LogP) is 2.64. The zero-order chi connectivity index (χ0) is 19.1. The summed E-state index contributed by atoms with van der Waals surface area (Å²) in [6, 6.07) is 7.68. The summed E-state index contributed by atoms with van der Waals surface area (Å²) in [5.74, 6) is 0.549. The van der Waals surface area contributed by atoms with Gasteiger partial charge in [-0.1, -0.05) is 12.1 Å². The first-order valence-electron chi connectivity index (χ1n) is 9.27. The van der Waals surface area contributed by atoms with Crippen LogP contribution in [0.4, 0.5) is 0 Å². The molecular weight excluding hydrogens is 342 g/mol. The van der Waals surface area contributed by atoms with Gasteiger partial charge < -0.3 is 9.88 Å². The van der Waals surface area contributed by atoms with Gasteiger partial charge in [0, 0.05) is 13.6 Å². The summed E-state index contributed by atoms with van der Waals surface area (Å²) < 4.78 is 1.25. The largest absolute Gasteiger partial charge is 0.340 e. The third-order valence-electron chi connectivity index (χ3n) is 5.43. The van der Waals surface area contributed by atoms with Gasteiger partial charge in [-0.25, -0.2) is 9.67 Å². The van der Waals surface area contributed by atoms with Crippen molar-refractivity contribution in [3.63, 3.8) is 0 Å². The summed E-state index contributed by atoms with van der Waals surface area (Å²) in [6.45, 7) is 4.22. The standard InChI is InChI=1S/C20H23N5O2/c1-12-13(2)23-24(3)19(26)17(12)20(27)25-11-7-6-10-16(25)18-21-14-8-4-5-9-15(14)22-18/h4-5,8-9,16H,6-7,10-11H2,1-3H3,(H,21,22)/t16-/m1/s1. The van der Waals surface area contributed by atoms with Gasteiger partial charge in [-0.2, -0.15) is 5.10 Å². The lowest BCUT2D eigenvalue weighted by Gasteiger charge is -2.34. The van der Waals surface area contributed by atoms with Crippen molar-refractivity contribution < 1.29 is 4.79 Å². The molecule has 7 nitrogen and oxygen atoms in total. The van der Waals surface area contributed by atoms with Crippen LogP contribution in [0.25, 0.3) is 11.0 Å². The van der Waals surface area contributed by atoms with Crippen molar-refractivity contribution in [1.29, 1.82) is 0 Å². The molecule has 140 valence electrons. The third kappa shape index (κ3) is 2.93. The fraction of sp³-hybridized carbons (Fsp3) is 0.400. The van der Waals surface area contributed by atoms with Crippen molar-refractivity contribution in [2.45, 2.75) is 39.2 Å². The van der Waals surface area contributed by atoms with Crippen molar-refractivity contribution in [1.82, 2.24) is 24.6 Å². The van der Waals surface area contributed by atoms with Crippen LogP contribution in [0.3, 0.4) is 0 Å². The Hall–Kier alpha value is -2.96. The maximum Gasteiger partial charge on any atom is 0.279 e. The summed E-state index contributed by atoms with van der Waals surface area (Å²) in [7, 11) is 1.58. The summed E-state index contributed by atoms with van der Waals surface area (Å²) in [5.41, 5.74) is 3.05. The molecule has 0 saturated carbocycles. The van der Waals surface area contributed by atoms with Gasteiger partial charge in [0.25, 0.3) is 11.5 Å². The molecule has 1 fully saturated rings. The Bertz CT molecular complexity index is 1050. The monoisotopic (exact) mass is 365 g/mol. The second-order valence-corrected chi connectivity index (χ2v) is 7.16. The fourth-order valence-electron chi connectivity index (χ4n) is 3.83. The number of piperidine rings is 1.